The highest BCUT2D eigenvalue weighted by atomic mass is 79.9. The van der Waals surface area contributed by atoms with Crippen molar-refractivity contribution in [3.05, 3.63) is 28.2 Å². The topological polar surface area (TPSA) is 84.5 Å². The molecule has 0 amide bonds. The number of phenols is 1. The van der Waals surface area contributed by atoms with E-state index in [9.17, 15) is 15.3 Å². The van der Waals surface area contributed by atoms with Gasteiger partial charge in [-0.05, 0) is 33.6 Å². The largest absolute Gasteiger partial charge is 0.507 e. The zero-order chi connectivity index (χ0) is 11.4. The zero-order valence-corrected chi connectivity index (χ0v) is 9.35. The van der Waals surface area contributed by atoms with Gasteiger partial charge in [-0.3, -0.25) is 0 Å². The van der Waals surface area contributed by atoms with E-state index in [2.05, 4.69) is 15.9 Å². The highest BCUT2D eigenvalue weighted by molar-refractivity contribution is 9.10. The molecule has 0 aromatic heterocycles. The SMILES string of the molecule is N#CCC(O)C(O)c1ccc(O)c(Br)c1. The summed E-state index contributed by atoms with van der Waals surface area (Å²) in [6, 6.07) is 6.17. The lowest BCUT2D eigenvalue weighted by Gasteiger charge is -2.15. The number of aromatic hydroxyl groups is 1. The summed E-state index contributed by atoms with van der Waals surface area (Å²) < 4.78 is 0.434. The molecule has 0 saturated heterocycles. The van der Waals surface area contributed by atoms with Crippen molar-refractivity contribution in [1.82, 2.24) is 0 Å². The third-order valence-electron chi connectivity index (χ3n) is 1.98. The number of benzene rings is 1. The van der Waals surface area contributed by atoms with Gasteiger partial charge in [0, 0.05) is 0 Å². The lowest BCUT2D eigenvalue weighted by Crippen LogP contribution is -2.17. The van der Waals surface area contributed by atoms with Crippen LogP contribution in [0.15, 0.2) is 22.7 Å². The van der Waals surface area contributed by atoms with Crippen LogP contribution < -0.4 is 0 Å². The van der Waals surface area contributed by atoms with Gasteiger partial charge >= 0.3 is 0 Å². The minimum absolute atomic E-state index is 0.0562. The van der Waals surface area contributed by atoms with E-state index >= 15 is 0 Å². The Morgan fingerprint density at radius 3 is 2.60 bits per heavy atom. The molecule has 1 rings (SSSR count). The molecule has 0 spiro atoms. The van der Waals surface area contributed by atoms with Gasteiger partial charge in [-0.1, -0.05) is 6.07 Å². The summed E-state index contributed by atoms with van der Waals surface area (Å²) in [5.41, 5.74) is 0.447. The van der Waals surface area contributed by atoms with Crippen molar-refractivity contribution in [2.24, 2.45) is 0 Å². The van der Waals surface area contributed by atoms with E-state index in [4.69, 9.17) is 5.26 Å². The van der Waals surface area contributed by atoms with Gasteiger partial charge in [-0.2, -0.15) is 5.26 Å². The van der Waals surface area contributed by atoms with Gasteiger partial charge in [0.25, 0.3) is 0 Å². The van der Waals surface area contributed by atoms with E-state index in [0.29, 0.717) is 10.0 Å². The molecular weight excluding hydrogens is 262 g/mol. The molecule has 0 aliphatic carbocycles. The summed E-state index contributed by atoms with van der Waals surface area (Å²) in [6.07, 6.45) is -2.38. The Balaban J connectivity index is 2.87. The number of aliphatic hydroxyl groups is 2. The number of nitrogens with zero attached hydrogens (tertiary/aromatic N) is 1. The van der Waals surface area contributed by atoms with Gasteiger partial charge < -0.3 is 15.3 Å². The number of hydrogen-bond donors (Lipinski definition) is 3. The average Bonchev–Trinajstić information content (AvgIpc) is 2.21. The maximum atomic E-state index is 9.63. The molecule has 1 aromatic carbocycles. The van der Waals surface area contributed by atoms with Gasteiger partial charge in [0.15, 0.2) is 0 Å². The molecule has 0 saturated carbocycles. The Kier molecular flexibility index (Phi) is 4.09. The first-order valence-electron chi connectivity index (χ1n) is 4.27. The summed E-state index contributed by atoms with van der Waals surface area (Å²) in [5, 5.41) is 36.6. The van der Waals surface area contributed by atoms with Crippen molar-refractivity contribution in [1.29, 1.82) is 5.26 Å². The van der Waals surface area contributed by atoms with E-state index < -0.39 is 12.2 Å². The van der Waals surface area contributed by atoms with Crippen molar-refractivity contribution < 1.29 is 15.3 Å². The fourth-order valence-corrected chi connectivity index (χ4v) is 1.53. The maximum Gasteiger partial charge on any atom is 0.129 e. The number of nitriles is 1. The Hall–Kier alpha value is -1.09. The predicted octanol–water partition coefficient (Wildman–Crippen LogP) is 1.46. The Morgan fingerprint density at radius 1 is 1.40 bits per heavy atom. The summed E-state index contributed by atoms with van der Waals surface area (Å²) in [7, 11) is 0. The van der Waals surface area contributed by atoms with Crippen LogP contribution in [0, 0.1) is 11.3 Å². The van der Waals surface area contributed by atoms with Crippen LogP contribution in [-0.4, -0.2) is 21.4 Å². The molecule has 1 aromatic rings. The third kappa shape index (κ3) is 2.93. The molecular formula is C10H10BrNO3. The Morgan fingerprint density at radius 2 is 2.07 bits per heavy atom. The Labute approximate surface area is 95.5 Å². The molecule has 0 heterocycles. The van der Waals surface area contributed by atoms with Gasteiger partial charge in [0.1, 0.15) is 11.9 Å². The molecule has 2 unspecified atom stereocenters. The second kappa shape index (κ2) is 5.12. The van der Waals surface area contributed by atoms with Crippen LogP contribution in [-0.2, 0) is 0 Å². The average molecular weight is 272 g/mol. The van der Waals surface area contributed by atoms with E-state index in [1.807, 2.05) is 0 Å². The molecule has 3 N–H and O–H groups in total. The molecule has 0 aliphatic rings. The van der Waals surface area contributed by atoms with Crippen LogP contribution >= 0.6 is 15.9 Å². The molecule has 15 heavy (non-hydrogen) atoms. The molecule has 2 atom stereocenters. The van der Waals surface area contributed by atoms with Gasteiger partial charge in [-0.25, -0.2) is 0 Å². The highest BCUT2D eigenvalue weighted by Gasteiger charge is 2.18. The molecule has 0 bridgehead atoms. The number of phenolic OH excluding ortho intramolecular Hbond substituents is 1. The number of hydrogen-bond acceptors (Lipinski definition) is 4. The van der Waals surface area contributed by atoms with Crippen molar-refractivity contribution >= 4 is 15.9 Å². The van der Waals surface area contributed by atoms with Crippen LogP contribution in [0.2, 0.25) is 0 Å². The van der Waals surface area contributed by atoms with Crippen LogP contribution in [0.5, 0.6) is 5.75 Å². The summed E-state index contributed by atoms with van der Waals surface area (Å²) in [5.74, 6) is 0.0562. The van der Waals surface area contributed by atoms with E-state index in [1.54, 1.807) is 6.07 Å². The second-order valence-electron chi connectivity index (χ2n) is 3.09. The summed E-state index contributed by atoms with van der Waals surface area (Å²) in [4.78, 5) is 0. The summed E-state index contributed by atoms with van der Waals surface area (Å²) >= 11 is 3.09. The smallest absolute Gasteiger partial charge is 0.129 e. The van der Waals surface area contributed by atoms with Crippen molar-refractivity contribution in [2.75, 3.05) is 0 Å². The molecule has 4 nitrogen and oxygen atoms in total. The van der Waals surface area contributed by atoms with Gasteiger partial charge in [0.2, 0.25) is 0 Å². The number of rotatable bonds is 3. The minimum atomic E-state index is -1.12. The van der Waals surface area contributed by atoms with Gasteiger partial charge in [-0.15, -0.1) is 0 Å². The lowest BCUT2D eigenvalue weighted by molar-refractivity contribution is 0.0216. The van der Waals surface area contributed by atoms with E-state index in [1.165, 1.54) is 18.2 Å². The van der Waals surface area contributed by atoms with Crippen molar-refractivity contribution in [2.45, 2.75) is 18.6 Å². The monoisotopic (exact) mass is 271 g/mol. The quantitative estimate of drug-likeness (QED) is 0.777. The fraction of sp³-hybridized carbons (Fsp3) is 0.300. The molecule has 5 heteroatoms. The first-order valence-corrected chi connectivity index (χ1v) is 5.07. The maximum absolute atomic E-state index is 9.63. The zero-order valence-electron chi connectivity index (χ0n) is 7.76. The summed E-state index contributed by atoms with van der Waals surface area (Å²) in [6.45, 7) is 0. The molecule has 80 valence electrons. The third-order valence-corrected chi connectivity index (χ3v) is 2.61. The fourth-order valence-electron chi connectivity index (χ4n) is 1.13. The first-order chi connectivity index (χ1) is 7.06. The van der Waals surface area contributed by atoms with Gasteiger partial charge in [0.05, 0.1) is 23.1 Å². The van der Waals surface area contributed by atoms with Crippen LogP contribution in [0.4, 0.5) is 0 Å². The number of aliphatic hydroxyl groups excluding tert-OH is 2. The van der Waals surface area contributed by atoms with Crippen LogP contribution in [0.1, 0.15) is 18.1 Å². The molecule has 0 radical (unpaired) electrons. The number of halogens is 1. The first kappa shape index (κ1) is 12.0. The minimum Gasteiger partial charge on any atom is -0.507 e. The van der Waals surface area contributed by atoms with E-state index in [0.717, 1.165) is 0 Å². The van der Waals surface area contributed by atoms with Crippen LogP contribution in [0.25, 0.3) is 0 Å². The standard InChI is InChI=1S/C10H10BrNO3/c11-7-5-6(1-2-8(7)13)10(15)9(14)3-4-12/h1-2,5,9-10,13-15H,3H2. The normalized spacial score (nSPS) is 14.3. The second-order valence-corrected chi connectivity index (χ2v) is 3.94. The Bertz CT molecular complexity index is 389. The molecule has 0 fully saturated rings. The van der Waals surface area contributed by atoms with Crippen molar-refractivity contribution in [3.8, 4) is 11.8 Å². The van der Waals surface area contributed by atoms with Crippen LogP contribution in [0.3, 0.4) is 0 Å². The molecule has 0 aliphatic heterocycles. The highest BCUT2D eigenvalue weighted by Crippen LogP contribution is 2.28. The lowest BCUT2D eigenvalue weighted by atomic mass is 10.0. The predicted molar refractivity (Wildman–Crippen MR) is 57.0 cm³/mol. The van der Waals surface area contributed by atoms with E-state index in [-0.39, 0.29) is 12.2 Å². The van der Waals surface area contributed by atoms with Crippen molar-refractivity contribution in [3.63, 3.8) is 0 Å².